The van der Waals surface area contributed by atoms with E-state index in [1.54, 1.807) is 25.6 Å². The Bertz CT molecular complexity index is 1150. The van der Waals surface area contributed by atoms with Crippen molar-refractivity contribution in [2.24, 2.45) is 0 Å². The number of aryl methyl sites for hydroxylation is 1. The summed E-state index contributed by atoms with van der Waals surface area (Å²) in [7, 11) is 0. The van der Waals surface area contributed by atoms with Crippen LogP contribution in [0.5, 0.6) is 5.75 Å². The molecule has 3 aromatic rings. The molecule has 0 saturated heterocycles. The number of nitrogens with zero attached hydrogens (tertiary/aromatic N) is 1. The van der Waals surface area contributed by atoms with Gasteiger partial charge in [0, 0.05) is 21.1 Å². The monoisotopic (exact) mass is 525 g/mol. The number of carbonyl (C=O) groups excluding carboxylic acids is 1. The van der Waals surface area contributed by atoms with Crippen LogP contribution in [-0.4, -0.2) is 28.8 Å². The molecule has 0 aliphatic carbocycles. The first-order valence-corrected chi connectivity index (χ1v) is 12.8. The summed E-state index contributed by atoms with van der Waals surface area (Å²) < 4.78 is 49.3. The zero-order valence-electron chi connectivity index (χ0n) is 19.5. The zero-order valence-corrected chi connectivity index (χ0v) is 21.1. The van der Waals surface area contributed by atoms with Crippen LogP contribution in [0.3, 0.4) is 0 Å². The maximum atomic E-state index is 12.8. The molecule has 0 fully saturated rings. The second-order valence-corrected chi connectivity index (χ2v) is 9.68. The number of carbonyl (C=O) groups is 1. The van der Waals surface area contributed by atoms with E-state index >= 15 is 0 Å². The number of aromatic nitrogens is 1. The van der Waals surface area contributed by atoms with Gasteiger partial charge in [-0.1, -0.05) is 19.1 Å². The first-order valence-electron chi connectivity index (χ1n) is 11.0. The number of thioether (sulfide) groups is 1. The first kappa shape index (κ1) is 27.0. The van der Waals surface area contributed by atoms with E-state index < -0.39 is 23.8 Å². The number of hydrogen-bond donors (Lipinski definition) is 1. The van der Waals surface area contributed by atoms with Crippen LogP contribution in [0.25, 0.3) is 10.6 Å². The number of esters is 1. The van der Waals surface area contributed by atoms with Gasteiger partial charge in [0.1, 0.15) is 10.8 Å². The minimum absolute atomic E-state index is 0.258. The van der Waals surface area contributed by atoms with Crippen LogP contribution in [0.15, 0.2) is 47.4 Å². The van der Waals surface area contributed by atoms with Gasteiger partial charge in [-0.25, -0.2) is 9.78 Å². The molecule has 188 valence electrons. The van der Waals surface area contributed by atoms with Gasteiger partial charge in [0.05, 0.1) is 24.5 Å². The molecule has 1 N–H and O–H groups in total. The van der Waals surface area contributed by atoms with Crippen LogP contribution >= 0.6 is 23.1 Å². The van der Waals surface area contributed by atoms with Gasteiger partial charge in [0.2, 0.25) is 0 Å². The fraction of sp³-hybridized carbons (Fsp3) is 0.360. The van der Waals surface area contributed by atoms with Crippen molar-refractivity contribution in [1.82, 2.24) is 4.98 Å². The zero-order chi connectivity index (χ0) is 25.6. The summed E-state index contributed by atoms with van der Waals surface area (Å²) in [4.78, 5) is 18.1. The van der Waals surface area contributed by atoms with E-state index in [9.17, 15) is 23.1 Å². The molecule has 1 heterocycles. The van der Waals surface area contributed by atoms with Crippen molar-refractivity contribution >= 4 is 29.1 Å². The van der Waals surface area contributed by atoms with Gasteiger partial charge < -0.3 is 14.6 Å². The molecule has 0 saturated carbocycles. The number of thiazole rings is 1. The molecule has 0 bridgehead atoms. The lowest BCUT2D eigenvalue weighted by molar-refractivity contribution is -0.150. The summed E-state index contributed by atoms with van der Waals surface area (Å²) in [6.45, 7) is 5.41. The number of ether oxygens (including phenoxy) is 2. The molecule has 0 amide bonds. The van der Waals surface area contributed by atoms with Crippen LogP contribution in [0.1, 0.15) is 42.5 Å². The van der Waals surface area contributed by atoms with Gasteiger partial charge in [-0.2, -0.15) is 13.2 Å². The van der Waals surface area contributed by atoms with Gasteiger partial charge in [-0.15, -0.1) is 23.1 Å². The molecule has 35 heavy (non-hydrogen) atoms. The third-order valence-corrected chi connectivity index (χ3v) is 7.44. The van der Waals surface area contributed by atoms with Crippen molar-refractivity contribution < 1.29 is 32.5 Å². The molecule has 0 aliphatic heterocycles. The molecule has 5 nitrogen and oxygen atoms in total. The largest absolute Gasteiger partial charge is 0.479 e. The number of alkyl halides is 3. The first-order chi connectivity index (χ1) is 16.7. The Kier molecular flexibility index (Phi) is 9.21. The molecule has 0 aliphatic rings. The minimum Gasteiger partial charge on any atom is -0.479 e. The molecule has 0 spiro atoms. The molecule has 3 rings (SSSR count). The number of halogens is 3. The SMILES string of the molecule is CCOC(=O)C(C)Oc1ccc(SCc2sc(-c3ccc(C(F)(F)F)cc3)nc2CO)cc1CC. The lowest BCUT2D eigenvalue weighted by Gasteiger charge is -2.16. The Labute approximate surface area is 210 Å². The molecular weight excluding hydrogens is 499 g/mol. The average molecular weight is 526 g/mol. The number of aliphatic hydroxyl groups excluding tert-OH is 1. The summed E-state index contributed by atoms with van der Waals surface area (Å²) in [6, 6.07) is 10.6. The van der Waals surface area contributed by atoms with E-state index in [-0.39, 0.29) is 13.2 Å². The van der Waals surface area contributed by atoms with Crippen molar-refractivity contribution in [1.29, 1.82) is 0 Å². The maximum absolute atomic E-state index is 12.8. The van der Waals surface area contributed by atoms with Crippen molar-refractivity contribution in [2.75, 3.05) is 6.61 Å². The minimum atomic E-state index is -4.39. The molecular formula is C25H26F3NO4S2. The van der Waals surface area contributed by atoms with Gasteiger partial charge in [-0.3, -0.25) is 0 Å². The summed E-state index contributed by atoms with van der Waals surface area (Å²) in [5, 5.41) is 10.3. The maximum Gasteiger partial charge on any atom is 0.416 e. The van der Waals surface area contributed by atoms with Crippen molar-refractivity contribution in [3.8, 4) is 16.3 Å². The fourth-order valence-corrected chi connectivity index (χ4v) is 5.37. The van der Waals surface area contributed by atoms with Gasteiger partial charge >= 0.3 is 12.1 Å². The predicted molar refractivity (Wildman–Crippen MR) is 131 cm³/mol. The Hall–Kier alpha value is -2.56. The van der Waals surface area contributed by atoms with Crippen LogP contribution in [0, 0.1) is 0 Å². The van der Waals surface area contributed by atoms with Gasteiger partial charge in [0.25, 0.3) is 0 Å². The van der Waals surface area contributed by atoms with Gasteiger partial charge in [-0.05, 0) is 56.2 Å². The smallest absolute Gasteiger partial charge is 0.416 e. The third kappa shape index (κ3) is 6.99. The third-order valence-electron chi connectivity index (χ3n) is 5.09. The van der Waals surface area contributed by atoms with Crippen LogP contribution in [0.4, 0.5) is 13.2 Å². The summed E-state index contributed by atoms with van der Waals surface area (Å²) >= 11 is 2.90. The highest BCUT2D eigenvalue weighted by Gasteiger charge is 2.30. The van der Waals surface area contributed by atoms with Gasteiger partial charge in [0.15, 0.2) is 6.10 Å². The normalized spacial score (nSPS) is 12.4. The lowest BCUT2D eigenvalue weighted by atomic mass is 10.1. The number of aliphatic hydroxyl groups is 1. The average Bonchev–Trinajstić information content (AvgIpc) is 3.26. The fourth-order valence-electron chi connectivity index (χ4n) is 3.23. The number of rotatable bonds is 10. The van der Waals surface area contributed by atoms with Crippen molar-refractivity contribution in [2.45, 2.75) is 56.7 Å². The van der Waals surface area contributed by atoms with E-state index in [1.165, 1.54) is 23.5 Å². The van der Waals surface area contributed by atoms with E-state index in [0.717, 1.165) is 27.5 Å². The highest BCUT2D eigenvalue weighted by Crippen LogP contribution is 2.36. The highest BCUT2D eigenvalue weighted by molar-refractivity contribution is 7.98. The van der Waals surface area contributed by atoms with Crippen LogP contribution in [-0.2, 0) is 34.5 Å². The molecule has 1 atom stereocenters. The Balaban J connectivity index is 1.72. The van der Waals surface area contributed by atoms with Crippen molar-refractivity contribution in [3.05, 3.63) is 64.2 Å². The topological polar surface area (TPSA) is 68.7 Å². The quantitative estimate of drug-likeness (QED) is 0.241. The summed E-state index contributed by atoms with van der Waals surface area (Å²) in [6.07, 6.45) is -4.40. The number of benzene rings is 2. The van der Waals surface area contributed by atoms with Crippen LogP contribution < -0.4 is 4.74 Å². The lowest BCUT2D eigenvalue weighted by Crippen LogP contribution is -2.26. The Morgan fingerprint density at radius 1 is 1.17 bits per heavy atom. The van der Waals surface area contributed by atoms with E-state index in [4.69, 9.17) is 9.47 Å². The second kappa shape index (κ2) is 11.9. The molecule has 0 radical (unpaired) electrons. The summed E-state index contributed by atoms with van der Waals surface area (Å²) in [5.74, 6) is 0.742. The van der Waals surface area contributed by atoms with E-state index in [0.29, 0.717) is 34.2 Å². The Morgan fingerprint density at radius 3 is 2.49 bits per heavy atom. The summed E-state index contributed by atoms with van der Waals surface area (Å²) in [5.41, 5.74) is 1.31. The molecule has 10 heteroatoms. The molecule has 1 aromatic heterocycles. The number of hydrogen-bond acceptors (Lipinski definition) is 7. The highest BCUT2D eigenvalue weighted by atomic mass is 32.2. The Morgan fingerprint density at radius 2 is 1.89 bits per heavy atom. The molecule has 2 aromatic carbocycles. The van der Waals surface area contributed by atoms with E-state index in [1.807, 2.05) is 25.1 Å². The van der Waals surface area contributed by atoms with Crippen LogP contribution in [0.2, 0.25) is 0 Å². The molecule has 1 unspecified atom stereocenters. The second-order valence-electron chi connectivity index (χ2n) is 7.55. The standard InChI is InChI=1S/C25H26F3NO4S2/c1-4-16-12-19(10-11-21(16)33-15(3)24(31)32-5-2)34-14-22-20(13-30)29-23(35-22)17-6-8-18(9-7-17)25(26,27)28/h6-12,15,30H,4-5,13-14H2,1-3H3. The van der Waals surface area contributed by atoms with E-state index in [2.05, 4.69) is 4.98 Å². The predicted octanol–water partition coefficient (Wildman–Crippen LogP) is 6.51. The van der Waals surface area contributed by atoms with Crippen molar-refractivity contribution in [3.63, 3.8) is 0 Å².